The second-order valence-corrected chi connectivity index (χ2v) is 4.86. The SMILES string of the molecule is CN1Cc2cc(O)ccc2N(C)C1c1cc[nH]c1. The first-order valence-electron chi connectivity index (χ1n) is 6.04. The van der Waals surface area contributed by atoms with E-state index in [4.69, 9.17) is 0 Å². The minimum absolute atomic E-state index is 0.230. The van der Waals surface area contributed by atoms with Gasteiger partial charge in [0.2, 0.25) is 0 Å². The highest BCUT2D eigenvalue weighted by Crippen LogP contribution is 2.37. The van der Waals surface area contributed by atoms with Crippen LogP contribution in [0, 0.1) is 0 Å². The van der Waals surface area contributed by atoms with Crippen molar-refractivity contribution in [1.29, 1.82) is 0 Å². The minimum atomic E-state index is 0.230. The average Bonchev–Trinajstić information content (AvgIpc) is 2.82. The fourth-order valence-corrected chi connectivity index (χ4v) is 2.80. The van der Waals surface area contributed by atoms with Gasteiger partial charge in [-0.2, -0.15) is 0 Å². The van der Waals surface area contributed by atoms with Crippen LogP contribution >= 0.6 is 0 Å². The molecule has 4 heteroatoms. The molecular formula is C14H17N3O. The number of fused-ring (bicyclic) bond motifs is 1. The number of aromatic amines is 1. The van der Waals surface area contributed by atoms with Gasteiger partial charge < -0.3 is 15.0 Å². The maximum atomic E-state index is 9.57. The molecule has 18 heavy (non-hydrogen) atoms. The summed E-state index contributed by atoms with van der Waals surface area (Å²) < 4.78 is 0. The third-order valence-electron chi connectivity index (χ3n) is 3.57. The highest BCUT2D eigenvalue weighted by molar-refractivity contribution is 5.58. The Balaban J connectivity index is 2.04. The van der Waals surface area contributed by atoms with Crippen molar-refractivity contribution in [2.45, 2.75) is 12.7 Å². The number of H-pyrrole nitrogens is 1. The molecule has 2 aromatic rings. The van der Waals surface area contributed by atoms with Crippen molar-refractivity contribution in [3.05, 3.63) is 47.8 Å². The molecule has 0 saturated carbocycles. The van der Waals surface area contributed by atoms with Crippen LogP contribution in [0.15, 0.2) is 36.7 Å². The molecule has 0 bridgehead atoms. The number of phenolic OH excluding ortho intramolecular Hbond substituents is 1. The van der Waals surface area contributed by atoms with Crippen LogP contribution in [-0.2, 0) is 6.54 Å². The van der Waals surface area contributed by atoms with Crippen molar-refractivity contribution in [3.63, 3.8) is 0 Å². The van der Waals surface area contributed by atoms with Crippen molar-refractivity contribution < 1.29 is 5.11 Å². The number of nitrogens with one attached hydrogen (secondary N) is 1. The molecule has 1 aromatic heterocycles. The lowest BCUT2D eigenvalue weighted by atomic mass is 10.0. The van der Waals surface area contributed by atoms with E-state index in [1.807, 2.05) is 24.5 Å². The summed E-state index contributed by atoms with van der Waals surface area (Å²) in [5, 5.41) is 9.57. The van der Waals surface area contributed by atoms with E-state index in [0.29, 0.717) is 5.75 Å². The minimum Gasteiger partial charge on any atom is -0.508 e. The Morgan fingerprint density at radius 1 is 1.28 bits per heavy atom. The van der Waals surface area contributed by atoms with E-state index in [2.05, 4.69) is 34.9 Å². The van der Waals surface area contributed by atoms with E-state index >= 15 is 0 Å². The normalized spacial score (nSPS) is 19.9. The van der Waals surface area contributed by atoms with Gasteiger partial charge in [0, 0.05) is 37.2 Å². The molecule has 2 N–H and O–H groups in total. The zero-order chi connectivity index (χ0) is 12.7. The van der Waals surface area contributed by atoms with Crippen LogP contribution in [0.4, 0.5) is 5.69 Å². The molecule has 0 amide bonds. The number of anilines is 1. The van der Waals surface area contributed by atoms with Gasteiger partial charge in [0.1, 0.15) is 11.9 Å². The third-order valence-corrected chi connectivity index (χ3v) is 3.57. The van der Waals surface area contributed by atoms with Gasteiger partial charge in [-0.25, -0.2) is 0 Å². The Kier molecular flexibility index (Phi) is 2.52. The number of aromatic hydroxyl groups is 1. The summed E-state index contributed by atoms with van der Waals surface area (Å²) in [5.74, 6) is 0.329. The molecule has 2 heterocycles. The highest BCUT2D eigenvalue weighted by Gasteiger charge is 2.29. The van der Waals surface area contributed by atoms with Crippen molar-refractivity contribution in [2.75, 3.05) is 19.0 Å². The smallest absolute Gasteiger partial charge is 0.116 e. The van der Waals surface area contributed by atoms with E-state index in [-0.39, 0.29) is 6.17 Å². The molecule has 0 radical (unpaired) electrons. The summed E-state index contributed by atoms with van der Waals surface area (Å²) in [6, 6.07) is 7.67. The fourth-order valence-electron chi connectivity index (χ4n) is 2.80. The summed E-state index contributed by atoms with van der Waals surface area (Å²) in [4.78, 5) is 7.61. The van der Waals surface area contributed by atoms with Crippen LogP contribution in [0.2, 0.25) is 0 Å². The third kappa shape index (κ3) is 1.66. The van der Waals surface area contributed by atoms with E-state index in [1.165, 1.54) is 11.3 Å². The van der Waals surface area contributed by atoms with Gasteiger partial charge in [-0.15, -0.1) is 0 Å². The number of rotatable bonds is 1. The molecule has 1 aliphatic heterocycles. The lowest BCUT2D eigenvalue weighted by Gasteiger charge is -2.42. The van der Waals surface area contributed by atoms with Gasteiger partial charge in [-0.05, 0) is 36.9 Å². The first-order chi connectivity index (χ1) is 8.66. The van der Waals surface area contributed by atoms with Crippen molar-refractivity contribution in [1.82, 2.24) is 9.88 Å². The molecule has 1 aromatic carbocycles. The van der Waals surface area contributed by atoms with Crippen LogP contribution in [0.25, 0.3) is 0 Å². The van der Waals surface area contributed by atoms with Crippen molar-refractivity contribution in [2.24, 2.45) is 0 Å². The van der Waals surface area contributed by atoms with Gasteiger partial charge in [-0.1, -0.05) is 0 Å². The number of benzene rings is 1. The van der Waals surface area contributed by atoms with E-state index in [1.54, 1.807) is 6.07 Å². The first-order valence-corrected chi connectivity index (χ1v) is 6.04. The van der Waals surface area contributed by atoms with Crippen LogP contribution in [-0.4, -0.2) is 29.1 Å². The summed E-state index contributed by atoms with van der Waals surface area (Å²) in [5.41, 5.74) is 3.59. The lowest BCUT2D eigenvalue weighted by molar-refractivity contribution is 0.220. The van der Waals surface area contributed by atoms with Crippen molar-refractivity contribution >= 4 is 5.69 Å². The number of aromatic nitrogens is 1. The monoisotopic (exact) mass is 243 g/mol. The topological polar surface area (TPSA) is 42.5 Å². The second kappa shape index (κ2) is 4.07. The molecule has 94 valence electrons. The van der Waals surface area contributed by atoms with Crippen LogP contribution < -0.4 is 4.90 Å². The zero-order valence-corrected chi connectivity index (χ0v) is 10.6. The molecule has 4 nitrogen and oxygen atoms in total. The average molecular weight is 243 g/mol. The molecule has 0 spiro atoms. The Morgan fingerprint density at radius 2 is 2.11 bits per heavy atom. The van der Waals surface area contributed by atoms with Gasteiger partial charge in [0.05, 0.1) is 0 Å². The Labute approximate surface area is 106 Å². The summed E-state index contributed by atoms with van der Waals surface area (Å²) >= 11 is 0. The molecular weight excluding hydrogens is 226 g/mol. The molecule has 3 rings (SSSR count). The Hall–Kier alpha value is -1.94. The Morgan fingerprint density at radius 3 is 2.83 bits per heavy atom. The maximum absolute atomic E-state index is 9.57. The van der Waals surface area contributed by atoms with Crippen molar-refractivity contribution in [3.8, 4) is 5.75 Å². The second-order valence-electron chi connectivity index (χ2n) is 4.86. The Bertz CT molecular complexity index is 550. The van der Waals surface area contributed by atoms with Crippen LogP contribution in [0.3, 0.4) is 0 Å². The zero-order valence-electron chi connectivity index (χ0n) is 10.6. The molecule has 0 fully saturated rings. The highest BCUT2D eigenvalue weighted by atomic mass is 16.3. The molecule has 1 unspecified atom stereocenters. The number of hydrogen-bond donors (Lipinski definition) is 2. The summed E-state index contributed by atoms with van der Waals surface area (Å²) in [6.45, 7) is 0.837. The molecule has 1 aliphatic rings. The molecule has 0 aliphatic carbocycles. The standard InChI is InChI=1S/C14H17N3O/c1-16-9-11-7-12(18)3-4-13(11)17(2)14(16)10-5-6-15-8-10/h3-8,14-15,18H,9H2,1-2H3. The van der Waals surface area contributed by atoms with Gasteiger partial charge in [0.15, 0.2) is 0 Å². The predicted molar refractivity (Wildman–Crippen MR) is 71.5 cm³/mol. The number of phenols is 1. The van der Waals surface area contributed by atoms with Gasteiger partial charge >= 0.3 is 0 Å². The molecule has 1 atom stereocenters. The van der Waals surface area contributed by atoms with Gasteiger partial charge in [-0.3, -0.25) is 4.90 Å². The van der Waals surface area contributed by atoms with E-state index in [0.717, 1.165) is 12.1 Å². The summed E-state index contributed by atoms with van der Waals surface area (Å²) in [6.07, 6.45) is 4.21. The van der Waals surface area contributed by atoms with Crippen LogP contribution in [0.1, 0.15) is 17.3 Å². The fraction of sp³-hybridized carbons (Fsp3) is 0.286. The van der Waals surface area contributed by atoms with E-state index < -0.39 is 0 Å². The predicted octanol–water partition coefficient (Wildman–Crippen LogP) is 2.30. The summed E-state index contributed by atoms with van der Waals surface area (Å²) in [7, 11) is 4.18. The van der Waals surface area contributed by atoms with Gasteiger partial charge in [0.25, 0.3) is 0 Å². The maximum Gasteiger partial charge on any atom is 0.116 e. The van der Waals surface area contributed by atoms with E-state index in [9.17, 15) is 5.11 Å². The number of hydrogen-bond acceptors (Lipinski definition) is 3. The lowest BCUT2D eigenvalue weighted by Crippen LogP contribution is -2.41. The quantitative estimate of drug-likeness (QED) is 0.807. The largest absolute Gasteiger partial charge is 0.508 e. The molecule has 0 saturated heterocycles. The van der Waals surface area contributed by atoms with Crippen LogP contribution in [0.5, 0.6) is 5.75 Å². The first kappa shape index (κ1) is 11.2. The number of nitrogens with zero attached hydrogens (tertiary/aromatic N) is 2.